The van der Waals surface area contributed by atoms with Crippen LogP contribution in [0.25, 0.3) is 0 Å². The fraction of sp³-hybridized carbons (Fsp3) is 0.944. The van der Waals surface area contributed by atoms with Gasteiger partial charge in [-0.05, 0) is 31.1 Å². The molecule has 5 nitrogen and oxygen atoms in total. The summed E-state index contributed by atoms with van der Waals surface area (Å²) in [6.07, 6.45) is 5.85. The first kappa shape index (κ1) is 20.2. The van der Waals surface area contributed by atoms with Crippen LogP contribution >= 0.6 is 0 Å². The molecule has 1 heterocycles. The minimum absolute atomic E-state index is 0.435. The second kappa shape index (κ2) is 11.7. The fourth-order valence-electron chi connectivity index (χ4n) is 2.55. The molecule has 0 radical (unpaired) electrons. The first-order chi connectivity index (χ1) is 11.0. The van der Waals surface area contributed by atoms with Crippen LogP contribution in [0.5, 0.6) is 0 Å². The zero-order valence-corrected chi connectivity index (χ0v) is 15.6. The van der Waals surface area contributed by atoms with Crippen molar-refractivity contribution in [3.05, 3.63) is 0 Å². The van der Waals surface area contributed by atoms with Crippen LogP contribution in [-0.2, 0) is 9.47 Å². The predicted molar refractivity (Wildman–Crippen MR) is 97.0 cm³/mol. The summed E-state index contributed by atoms with van der Waals surface area (Å²) >= 11 is 0. The quantitative estimate of drug-likeness (QED) is 0.368. The van der Waals surface area contributed by atoms with Gasteiger partial charge in [0.25, 0.3) is 0 Å². The first-order valence-corrected chi connectivity index (χ1v) is 9.11. The van der Waals surface area contributed by atoms with E-state index in [1.165, 1.54) is 19.3 Å². The van der Waals surface area contributed by atoms with Crippen molar-refractivity contribution in [2.75, 3.05) is 46.6 Å². The van der Waals surface area contributed by atoms with Crippen molar-refractivity contribution in [1.29, 1.82) is 0 Å². The molecular weight excluding hydrogens is 290 g/mol. The van der Waals surface area contributed by atoms with Gasteiger partial charge in [0.15, 0.2) is 5.96 Å². The molecule has 2 N–H and O–H groups in total. The lowest BCUT2D eigenvalue weighted by molar-refractivity contribution is 0.0888. The summed E-state index contributed by atoms with van der Waals surface area (Å²) in [5.74, 6) is 1.50. The van der Waals surface area contributed by atoms with Gasteiger partial charge in [-0.25, -0.2) is 0 Å². The second-order valence-corrected chi connectivity index (χ2v) is 7.60. The Hall–Kier alpha value is -0.810. The van der Waals surface area contributed by atoms with Crippen LogP contribution < -0.4 is 10.6 Å². The van der Waals surface area contributed by atoms with Gasteiger partial charge in [0.05, 0.1) is 13.2 Å². The van der Waals surface area contributed by atoms with E-state index in [-0.39, 0.29) is 0 Å². The van der Waals surface area contributed by atoms with Crippen LogP contribution in [-0.4, -0.2) is 52.5 Å². The molecule has 1 saturated heterocycles. The largest absolute Gasteiger partial charge is 0.381 e. The SMILES string of the molecule is CN=C(NCCCCC(C)(C)C)NCCCOCC1CCOC1. The number of aliphatic imine (C=N–C) groups is 1. The van der Waals surface area contributed by atoms with E-state index in [2.05, 4.69) is 36.4 Å². The molecule has 1 rings (SSSR count). The fourth-order valence-corrected chi connectivity index (χ4v) is 2.55. The number of hydrogen-bond acceptors (Lipinski definition) is 3. The molecule has 0 spiro atoms. The van der Waals surface area contributed by atoms with Crippen molar-refractivity contribution in [2.45, 2.75) is 52.9 Å². The highest BCUT2D eigenvalue weighted by molar-refractivity contribution is 5.79. The molecule has 1 unspecified atom stereocenters. The number of nitrogens with one attached hydrogen (secondary N) is 2. The summed E-state index contributed by atoms with van der Waals surface area (Å²) in [5.41, 5.74) is 0.435. The van der Waals surface area contributed by atoms with Gasteiger partial charge in [0.1, 0.15) is 0 Å². The van der Waals surface area contributed by atoms with Gasteiger partial charge in [-0.1, -0.05) is 27.2 Å². The average Bonchev–Trinajstić information content (AvgIpc) is 3.00. The number of ether oxygens (including phenoxy) is 2. The van der Waals surface area contributed by atoms with Crippen LogP contribution in [0.4, 0.5) is 0 Å². The van der Waals surface area contributed by atoms with Crippen LogP contribution in [0.15, 0.2) is 4.99 Å². The van der Waals surface area contributed by atoms with Gasteiger partial charge in [0.2, 0.25) is 0 Å². The smallest absolute Gasteiger partial charge is 0.190 e. The molecule has 0 aromatic carbocycles. The maximum atomic E-state index is 5.70. The highest BCUT2D eigenvalue weighted by Gasteiger charge is 2.15. The Morgan fingerprint density at radius 1 is 1.17 bits per heavy atom. The van der Waals surface area contributed by atoms with Crippen LogP contribution in [0, 0.1) is 11.3 Å². The molecule has 0 aromatic heterocycles. The zero-order chi connectivity index (χ0) is 17.0. The minimum atomic E-state index is 0.435. The van der Waals surface area contributed by atoms with Gasteiger partial charge in [-0.15, -0.1) is 0 Å². The number of guanidine groups is 1. The third-order valence-electron chi connectivity index (χ3n) is 4.01. The van der Waals surface area contributed by atoms with Crippen molar-refractivity contribution in [3.8, 4) is 0 Å². The van der Waals surface area contributed by atoms with Gasteiger partial charge >= 0.3 is 0 Å². The maximum Gasteiger partial charge on any atom is 0.190 e. The standard InChI is InChI=1S/C18H37N3O2/c1-18(2,3)9-5-6-10-20-17(19-4)21-11-7-12-22-14-16-8-13-23-15-16/h16H,5-15H2,1-4H3,(H2,19,20,21). The Bertz CT molecular complexity index is 321. The molecule has 0 saturated carbocycles. The average molecular weight is 328 g/mol. The molecule has 1 fully saturated rings. The van der Waals surface area contributed by atoms with E-state index in [0.29, 0.717) is 11.3 Å². The van der Waals surface area contributed by atoms with E-state index in [1.54, 1.807) is 0 Å². The molecule has 5 heteroatoms. The number of hydrogen-bond donors (Lipinski definition) is 2. The maximum absolute atomic E-state index is 5.70. The van der Waals surface area contributed by atoms with Crippen molar-refractivity contribution >= 4 is 5.96 Å². The summed E-state index contributed by atoms with van der Waals surface area (Å²) in [6, 6.07) is 0. The molecule has 1 aliphatic heterocycles. The Kier molecular flexibility index (Phi) is 10.3. The van der Waals surface area contributed by atoms with Crippen LogP contribution in [0.1, 0.15) is 52.9 Å². The second-order valence-electron chi connectivity index (χ2n) is 7.60. The van der Waals surface area contributed by atoms with Crippen molar-refractivity contribution in [3.63, 3.8) is 0 Å². The summed E-state index contributed by atoms with van der Waals surface area (Å²) in [4.78, 5) is 4.25. The topological polar surface area (TPSA) is 54.9 Å². The molecule has 23 heavy (non-hydrogen) atoms. The lowest BCUT2D eigenvalue weighted by atomic mass is 9.90. The van der Waals surface area contributed by atoms with Gasteiger partial charge in [-0.2, -0.15) is 0 Å². The lowest BCUT2D eigenvalue weighted by Crippen LogP contribution is -2.38. The van der Waals surface area contributed by atoms with E-state index in [9.17, 15) is 0 Å². The summed E-state index contributed by atoms with van der Waals surface area (Å²) in [7, 11) is 1.82. The van der Waals surface area contributed by atoms with E-state index >= 15 is 0 Å². The first-order valence-electron chi connectivity index (χ1n) is 9.11. The number of nitrogens with zero attached hydrogens (tertiary/aromatic N) is 1. The van der Waals surface area contributed by atoms with Gasteiger partial charge < -0.3 is 20.1 Å². The molecule has 0 aromatic rings. The van der Waals surface area contributed by atoms with E-state index in [1.807, 2.05) is 7.05 Å². The van der Waals surface area contributed by atoms with Crippen molar-refractivity contribution in [1.82, 2.24) is 10.6 Å². The highest BCUT2D eigenvalue weighted by Crippen LogP contribution is 2.21. The van der Waals surface area contributed by atoms with Crippen molar-refractivity contribution < 1.29 is 9.47 Å². The summed E-state index contributed by atoms with van der Waals surface area (Å²) in [6.45, 7) is 12.1. The molecule has 0 aliphatic carbocycles. The Balaban J connectivity index is 1.92. The Morgan fingerprint density at radius 3 is 2.52 bits per heavy atom. The van der Waals surface area contributed by atoms with E-state index < -0.39 is 0 Å². The number of rotatable bonds is 10. The Morgan fingerprint density at radius 2 is 1.91 bits per heavy atom. The molecule has 1 atom stereocenters. The normalized spacial score (nSPS) is 19.1. The lowest BCUT2D eigenvalue weighted by Gasteiger charge is -2.18. The van der Waals surface area contributed by atoms with Gasteiger partial charge in [-0.3, -0.25) is 4.99 Å². The number of unbranched alkanes of at least 4 members (excludes halogenated alkanes) is 1. The molecule has 136 valence electrons. The highest BCUT2D eigenvalue weighted by atomic mass is 16.5. The molecule has 0 amide bonds. The zero-order valence-electron chi connectivity index (χ0n) is 15.6. The minimum Gasteiger partial charge on any atom is -0.381 e. The van der Waals surface area contributed by atoms with Crippen LogP contribution in [0.3, 0.4) is 0 Å². The van der Waals surface area contributed by atoms with Gasteiger partial charge in [0, 0.05) is 39.3 Å². The van der Waals surface area contributed by atoms with Crippen molar-refractivity contribution in [2.24, 2.45) is 16.3 Å². The molecular formula is C18H37N3O2. The third kappa shape index (κ3) is 11.4. The molecule has 0 bridgehead atoms. The third-order valence-corrected chi connectivity index (χ3v) is 4.01. The monoisotopic (exact) mass is 327 g/mol. The molecule has 1 aliphatic rings. The summed E-state index contributed by atoms with van der Waals surface area (Å²) < 4.78 is 11.0. The Labute approximate surface area is 142 Å². The van der Waals surface area contributed by atoms with E-state index in [0.717, 1.165) is 58.3 Å². The van der Waals surface area contributed by atoms with Crippen LogP contribution in [0.2, 0.25) is 0 Å². The van der Waals surface area contributed by atoms with E-state index in [4.69, 9.17) is 9.47 Å². The summed E-state index contributed by atoms with van der Waals surface area (Å²) in [5, 5.41) is 6.71. The predicted octanol–water partition coefficient (Wildman–Crippen LogP) is 2.81.